The van der Waals surface area contributed by atoms with Gasteiger partial charge in [-0.15, -0.1) is 0 Å². The van der Waals surface area contributed by atoms with Gasteiger partial charge in [-0.2, -0.15) is 0 Å². The molecule has 0 unspecified atom stereocenters. The molecule has 1 aromatic heterocycles. The van der Waals surface area contributed by atoms with Gasteiger partial charge in [-0.1, -0.05) is 0 Å². The SMILES string of the molecule is Cc1cc(F)c(-c2nc(C)c(C)c(C)c2C)cc1N. The standard InChI is InChI=1S/C16H19FN2/c1-8-6-14(17)13(7-15(8)18)16-11(4)9(2)10(3)12(5)19-16/h6-7H,18H2,1-5H3. The van der Waals surface area contributed by atoms with E-state index in [2.05, 4.69) is 4.98 Å². The van der Waals surface area contributed by atoms with Crippen LogP contribution in [-0.2, 0) is 0 Å². The third-order valence-corrected chi connectivity index (χ3v) is 3.91. The molecular formula is C16H19FN2. The lowest BCUT2D eigenvalue weighted by Crippen LogP contribution is -2.02. The third-order valence-electron chi connectivity index (χ3n) is 3.91. The first-order valence-corrected chi connectivity index (χ1v) is 6.33. The number of aromatic nitrogens is 1. The van der Waals surface area contributed by atoms with Crippen LogP contribution in [0.4, 0.5) is 10.1 Å². The van der Waals surface area contributed by atoms with E-state index in [0.29, 0.717) is 16.9 Å². The summed E-state index contributed by atoms with van der Waals surface area (Å²) in [5.74, 6) is -0.273. The Bertz CT molecular complexity index is 661. The fourth-order valence-corrected chi connectivity index (χ4v) is 2.20. The second kappa shape index (κ2) is 4.65. The predicted octanol–water partition coefficient (Wildman–Crippen LogP) is 4.01. The van der Waals surface area contributed by atoms with Gasteiger partial charge in [0.05, 0.1) is 5.69 Å². The van der Waals surface area contributed by atoms with Crippen LogP contribution >= 0.6 is 0 Å². The molecule has 2 aromatic rings. The van der Waals surface area contributed by atoms with Gasteiger partial charge in [0.1, 0.15) is 5.82 Å². The van der Waals surface area contributed by atoms with Crippen molar-refractivity contribution in [2.75, 3.05) is 5.73 Å². The van der Waals surface area contributed by atoms with E-state index in [0.717, 1.165) is 27.9 Å². The summed E-state index contributed by atoms with van der Waals surface area (Å²) < 4.78 is 14.2. The molecule has 0 radical (unpaired) electrons. The Morgan fingerprint density at radius 2 is 1.58 bits per heavy atom. The Hall–Kier alpha value is -1.90. The molecule has 0 bridgehead atoms. The molecule has 1 aromatic carbocycles. The van der Waals surface area contributed by atoms with Crippen molar-refractivity contribution in [2.45, 2.75) is 34.6 Å². The number of nitrogens with two attached hydrogens (primary N) is 1. The van der Waals surface area contributed by atoms with Crippen LogP contribution < -0.4 is 5.73 Å². The molecule has 0 aliphatic heterocycles. The predicted molar refractivity (Wildman–Crippen MR) is 77.7 cm³/mol. The van der Waals surface area contributed by atoms with Gasteiger partial charge in [-0.3, -0.25) is 4.98 Å². The van der Waals surface area contributed by atoms with Gasteiger partial charge in [0.2, 0.25) is 0 Å². The van der Waals surface area contributed by atoms with Crippen LogP contribution in [0.1, 0.15) is 27.9 Å². The van der Waals surface area contributed by atoms with Gasteiger partial charge < -0.3 is 5.73 Å². The molecule has 3 heteroatoms. The molecular weight excluding hydrogens is 239 g/mol. The second-order valence-electron chi connectivity index (χ2n) is 5.11. The van der Waals surface area contributed by atoms with Crippen LogP contribution in [0.25, 0.3) is 11.3 Å². The minimum atomic E-state index is -0.273. The molecule has 0 saturated carbocycles. The van der Waals surface area contributed by atoms with Gasteiger partial charge in [-0.05, 0) is 69.0 Å². The minimum absolute atomic E-state index is 0.273. The fraction of sp³-hybridized carbons (Fsp3) is 0.312. The Balaban J connectivity index is 2.76. The van der Waals surface area contributed by atoms with Crippen molar-refractivity contribution in [3.63, 3.8) is 0 Å². The smallest absolute Gasteiger partial charge is 0.133 e. The highest BCUT2D eigenvalue weighted by Gasteiger charge is 2.15. The zero-order valence-electron chi connectivity index (χ0n) is 12.1. The number of benzene rings is 1. The van der Waals surface area contributed by atoms with E-state index < -0.39 is 0 Å². The number of nitrogen functional groups attached to an aromatic ring is 1. The summed E-state index contributed by atoms with van der Waals surface area (Å²) in [7, 11) is 0. The van der Waals surface area contributed by atoms with Crippen molar-refractivity contribution in [2.24, 2.45) is 0 Å². The maximum atomic E-state index is 14.2. The van der Waals surface area contributed by atoms with Crippen LogP contribution in [0, 0.1) is 40.4 Å². The molecule has 2 N–H and O–H groups in total. The molecule has 0 aliphatic rings. The van der Waals surface area contributed by atoms with Crippen LogP contribution in [0.15, 0.2) is 12.1 Å². The number of nitrogens with zero attached hydrogens (tertiary/aromatic N) is 1. The average Bonchev–Trinajstić information content (AvgIpc) is 2.36. The summed E-state index contributed by atoms with van der Waals surface area (Å²) >= 11 is 0. The maximum absolute atomic E-state index is 14.2. The lowest BCUT2D eigenvalue weighted by molar-refractivity contribution is 0.629. The number of halogens is 1. The lowest BCUT2D eigenvalue weighted by Gasteiger charge is -2.15. The van der Waals surface area contributed by atoms with Crippen molar-refractivity contribution in [1.82, 2.24) is 4.98 Å². The van der Waals surface area contributed by atoms with E-state index in [1.54, 1.807) is 13.0 Å². The summed E-state index contributed by atoms with van der Waals surface area (Å²) in [6.45, 7) is 9.79. The lowest BCUT2D eigenvalue weighted by atomic mass is 9.97. The largest absolute Gasteiger partial charge is 0.398 e. The fourth-order valence-electron chi connectivity index (χ4n) is 2.20. The van der Waals surface area contributed by atoms with Crippen molar-refractivity contribution in [1.29, 1.82) is 0 Å². The van der Waals surface area contributed by atoms with Gasteiger partial charge in [0.25, 0.3) is 0 Å². The zero-order chi connectivity index (χ0) is 14.3. The van der Waals surface area contributed by atoms with Gasteiger partial charge >= 0.3 is 0 Å². The summed E-state index contributed by atoms with van der Waals surface area (Å²) in [6.07, 6.45) is 0. The van der Waals surface area contributed by atoms with Gasteiger partial charge in [0, 0.05) is 16.9 Å². The molecule has 1 heterocycles. The number of anilines is 1. The van der Waals surface area contributed by atoms with Crippen LogP contribution in [-0.4, -0.2) is 4.98 Å². The van der Waals surface area contributed by atoms with Crippen molar-refractivity contribution >= 4 is 5.69 Å². The normalized spacial score (nSPS) is 10.8. The molecule has 0 fully saturated rings. The Morgan fingerprint density at radius 1 is 0.947 bits per heavy atom. The number of aryl methyl sites for hydroxylation is 2. The summed E-state index contributed by atoms with van der Waals surface area (Å²) in [5.41, 5.74) is 12.6. The Kier molecular flexibility index (Phi) is 3.31. The molecule has 0 spiro atoms. The van der Waals surface area contributed by atoms with Crippen LogP contribution in [0.2, 0.25) is 0 Å². The molecule has 2 rings (SSSR count). The highest BCUT2D eigenvalue weighted by atomic mass is 19.1. The monoisotopic (exact) mass is 258 g/mol. The first kappa shape index (κ1) is 13.5. The second-order valence-corrected chi connectivity index (χ2v) is 5.11. The highest BCUT2D eigenvalue weighted by Crippen LogP contribution is 2.31. The van der Waals surface area contributed by atoms with E-state index in [-0.39, 0.29) is 5.82 Å². The van der Waals surface area contributed by atoms with E-state index in [9.17, 15) is 4.39 Å². The molecule has 100 valence electrons. The van der Waals surface area contributed by atoms with E-state index >= 15 is 0 Å². The molecule has 0 saturated heterocycles. The first-order chi connectivity index (χ1) is 8.82. The summed E-state index contributed by atoms with van der Waals surface area (Å²) in [5, 5.41) is 0. The molecule has 2 nitrogen and oxygen atoms in total. The number of hydrogen-bond acceptors (Lipinski definition) is 2. The molecule has 0 amide bonds. The average molecular weight is 258 g/mol. The Morgan fingerprint density at radius 3 is 2.21 bits per heavy atom. The summed E-state index contributed by atoms with van der Waals surface area (Å²) in [6, 6.07) is 3.14. The van der Waals surface area contributed by atoms with Gasteiger partial charge in [-0.25, -0.2) is 4.39 Å². The van der Waals surface area contributed by atoms with Crippen molar-refractivity contribution < 1.29 is 4.39 Å². The quantitative estimate of drug-likeness (QED) is 0.785. The van der Waals surface area contributed by atoms with Crippen LogP contribution in [0.5, 0.6) is 0 Å². The van der Waals surface area contributed by atoms with Crippen molar-refractivity contribution in [3.8, 4) is 11.3 Å². The zero-order valence-corrected chi connectivity index (χ0v) is 12.1. The molecule has 0 atom stereocenters. The summed E-state index contributed by atoms with van der Waals surface area (Å²) in [4.78, 5) is 4.54. The van der Waals surface area contributed by atoms with E-state index in [1.807, 2.05) is 27.7 Å². The Labute approximate surface area is 113 Å². The first-order valence-electron chi connectivity index (χ1n) is 6.33. The highest BCUT2D eigenvalue weighted by molar-refractivity contribution is 5.70. The number of pyridine rings is 1. The number of hydrogen-bond donors (Lipinski definition) is 1. The van der Waals surface area contributed by atoms with Gasteiger partial charge in [0.15, 0.2) is 0 Å². The van der Waals surface area contributed by atoms with E-state index in [1.165, 1.54) is 6.07 Å². The minimum Gasteiger partial charge on any atom is -0.398 e. The van der Waals surface area contributed by atoms with Crippen LogP contribution in [0.3, 0.4) is 0 Å². The third kappa shape index (κ3) is 2.21. The number of rotatable bonds is 1. The maximum Gasteiger partial charge on any atom is 0.133 e. The van der Waals surface area contributed by atoms with Crippen molar-refractivity contribution in [3.05, 3.63) is 45.9 Å². The molecule has 0 aliphatic carbocycles. The van der Waals surface area contributed by atoms with E-state index in [4.69, 9.17) is 5.73 Å². The topological polar surface area (TPSA) is 38.9 Å². The molecule has 19 heavy (non-hydrogen) atoms.